The van der Waals surface area contributed by atoms with E-state index in [0.717, 1.165) is 51.4 Å². The van der Waals surface area contributed by atoms with Crippen LogP contribution in [0.2, 0.25) is 0 Å². The molecule has 0 spiro atoms. The summed E-state index contributed by atoms with van der Waals surface area (Å²) in [5.74, 6) is -0.0504. The van der Waals surface area contributed by atoms with Gasteiger partial charge in [-0.25, -0.2) is 0 Å². The Labute approximate surface area is 393 Å². The number of aliphatic hydroxyl groups is 2. The van der Waals surface area contributed by atoms with Gasteiger partial charge in [0, 0.05) is 12.8 Å². The van der Waals surface area contributed by atoms with Gasteiger partial charge in [0.05, 0.1) is 25.4 Å². The van der Waals surface area contributed by atoms with Crippen molar-refractivity contribution in [2.24, 2.45) is 0 Å². The maximum absolute atomic E-state index is 12.5. The number of aliphatic hydroxyl groups excluding tert-OH is 2. The third-order valence-electron chi connectivity index (χ3n) is 13.3. The molecule has 6 heteroatoms. The van der Waals surface area contributed by atoms with Crippen molar-refractivity contribution in [1.29, 1.82) is 0 Å². The summed E-state index contributed by atoms with van der Waals surface area (Å²) in [4.78, 5) is 24.5. The van der Waals surface area contributed by atoms with Gasteiger partial charge >= 0.3 is 5.97 Å². The lowest BCUT2D eigenvalue weighted by Crippen LogP contribution is -2.45. The summed E-state index contributed by atoms with van der Waals surface area (Å²) in [7, 11) is 0. The van der Waals surface area contributed by atoms with E-state index in [2.05, 4.69) is 31.3 Å². The maximum Gasteiger partial charge on any atom is 0.305 e. The minimum atomic E-state index is -0.670. The Bertz CT molecular complexity index is 939. The fraction of sp³-hybridized carbons (Fsp3) is 0.930. The van der Waals surface area contributed by atoms with Crippen molar-refractivity contribution in [2.75, 3.05) is 13.2 Å². The largest absolute Gasteiger partial charge is 0.466 e. The molecule has 0 saturated carbocycles. The highest BCUT2D eigenvalue weighted by Gasteiger charge is 2.20. The number of nitrogens with one attached hydrogen (secondary N) is 1. The molecule has 2 atom stereocenters. The van der Waals surface area contributed by atoms with Crippen LogP contribution in [-0.2, 0) is 14.3 Å². The monoisotopic (exact) mass is 890 g/mol. The average Bonchev–Trinajstić information content (AvgIpc) is 3.28. The summed E-state index contributed by atoms with van der Waals surface area (Å²) in [6.07, 6.45) is 61.9. The molecule has 1 amide bonds. The SMILES string of the molecule is CCCC/C=C\CCCCCCCC(=O)OCCCCCCCCCCCCCCCCCC(=O)NC(CO)C(O)CCCCCCCCCCCCCCCCCCCCCC. The number of rotatable bonds is 53. The lowest BCUT2D eigenvalue weighted by Gasteiger charge is -2.22. The van der Waals surface area contributed by atoms with Crippen LogP contribution in [0.4, 0.5) is 0 Å². The first-order valence-corrected chi connectivity index (χ1v) is 28.4. The Kier molecular flexibility index (Phi) is 52.0. The van der Waals surface area contributed by atoms with E-state index >= 15 is 0 Å². The fourth-order valence-corrected chi connectivity index (χ4v) is 8.92. The zero-order chi connectivity index (χ0) is 45.8. The normalized spacial score (nSPS) is 12.6. The molecule has 63 heavy (non-hydrogen) atoms. The summed E-state index contributed by atoms with van der Waals surface area (Å²) in [5.41, 5.74) is 0. The first kappa shape index (κ1) is 61.6. The van der Waals surface area contributed by atoms with Crippen molar-refractivity contribution in [3.05, 3.63) is 12.2 Å². The van der Waals surface area contributed by atoms with Crippen molar-refractivity contribution in [2.45, 2.75) is 328 Å². The van der Waals surface area contributed by atoms with Crippen LogP contribution in [0, 0.1) is 0 Å². The molecule has 0 heterocycles. The summed E-state index contributed by atoms with van der Waals surface area (Å²) in [5, 5.41) is 23.3. The number of esters is 1. The molecule has 0 aromatic rings. The number of carbonyl (C=O) groups excluding carboxylic acids is 2. The average molecular weight is 891 g/mol. The Balaban J connectivity index is 3.44. The first-order valence-electron chi connectivity index (χ1n) is 28.4. The zero-order valence-electron chi connectivity index (χ0n) is 42.6. The lowest BCUT2D eigenvalue weighted by molar-refractivity contribution is -0.143. The Hall–Kier alpha value is -1.40. The van der Waals surface area contributed by atoms with E-state index < -0.39 is 12.1 Å². The van der Waals surface area contributed by atoms with Crippen LogP contribution in [0.5, 0.6) is 0 Å². The predicted molar refractivity (Wildman–Crippen MR) is 273 cm³/mol. The van der Waals surface area contributed by atoms with Crippen LogP contribution in [0.25, 0.3) is 0 Å². The molecule has 0 rings (SSSR count). The van der Waals surface area contributed by atoms with Crippen molar-refractivity contribution < 1.29 is 24.5 Å². The third kappa shape index (κ3) is 49.9. The van der Waals surface area contributed by atoms with Crippen molar-refractivity contribution >= 4 is 11.9 Å². The van der Waals surface area contributed by atoms with Gasteiger partial charge in [0.15, 0.2) is 0 Å². The molecule has 0 saturated heterocycles. The molecular weight excluding hydrogens is 779 g/mol. The number of hydrogen-bond donors (Lipinski definition) is 3. The van der Waals surface area contributed by atoms with Gasteiger partial charge in [-0.2, -0.15) is 0 Å². The third-order valence-corrected chi connectivity index (χ3v) is 13.3. The van der Waals surface area contributed by atoms with Crippen molar-refractivity contribution in [1.82, 2.24) is 5.32 Å². The molecule has 0 radical (unpaired) electrons. The minimum absolute atomic E-state index is 0.00966. The molecule has 6 nitrogen and oxygen atoms in total. The van der Waals surface area contributed by atoms with E-state index in [4.69, 9.17) is 4.74 Å². The standard InChI is InChI=1S/C57H111NO5/c1-3-5-7-9-11-13-15-16-17-18-19-20-21-23-26-30-33-37-41-45-49-55(60)54(53-59)58-56(61)50-46-42-38-34-31-27-24-22-25-28-32-36-40-44-48-52-63-57(62)51-47-43-39-35-29-14-12-10-8-6-4-2/h10,12,54-55,59-60H,3-9,11,13-53H2,1-2H3,(H,58,61)/b12-10-. The summed E-state index contributed by atoms with van der Waals surface area (Å²) >= 11 is 0. The second-order valence-corrected chi connectivity index (χ2v) is 19.6. The number of ether oxygens (including phenoxy) is 1. The first-order chi connectivity index (χ1) is 31.0. The molecule has 3 N–H and O–H groups in total. The summed E-state index contributed by atoms with van der Waals surface area (Å²) in [6, 6.07) is -0.548. The van der Waals surface area contributed by atoms with Crippen LogP contribution < -0.4 is 5.32 Å². The smallest absolute Gasteiger partial charge is 0.305 e. The topological polar surface area (TPSA) is 95.9 Å². The van der Waals surface area contributed by atoms with Crippen molar-refractivity contribution in [3.63, 3.8) is 0 Å². The molecule has 0 aliphatic rings. The second-order valence-electron chi connectivity index (χ2n) is 19.6. The van der Waals surface area contributed by atoms with E-state index in [1.54, 1.807) is 0 Å². The van der Waals surface area contributed by atoms with E-state index in [-0.39, 0.29) is 18.5 Å². The summed E-state index contributed by atoms with van der Waals surface area (Å²) < 4.78 is 5.45. The fourth-order valence-electron chi connectivity index (χ4n) is 8.92. The highest BCUT2D eigenvalue weighted by molar-refractivity contribution is 5.76. The Morgan fingerprint density at radius 3 is 1.17 bits per heavy atom. The van der Waals surface area contributed by atoms with Gasteiger partial charge in [-0.05, 0) is 44.9 Å². The second kappa shape index (κ2) is 53.2. The molecular formula is C57H111NO5. The highest BCUT2D eigenvalue weighted by Crippen LogP contribution is 2.18. The van der Waals surface area contributed by atoms with E-state index in [1.807, 2.05) is 0 Å². The summed E-state index contributed by atoms with van der Waals surface area (Å²) in [6.45, 7) is 4.91. The molecule has 0 aromatic carbocycles. The molecule has 374 valence electrons. The number of unbranched alkanes of at least 4 members (excludes halogenated alkanes) is 40. The molecule has 2 unspecified atom stereocenters. The number of allylic oxidation sites excluding steroid dienone is 2. The van der Waals surface area contributed by atoms with E-state index in [0.29, 0.717) is 25.9 Å². The van der Waals surface area contributed by atoms with Crippen LogP contribution >= 0.6 is 0 Å². The lowest BCUT2D eigenvalue weighted by atomic mass is 10.0. The molecule has 0 aliphatic carbocycles. The van der Waals surface area contributed by atoms with Gasteiger partial charge < -0.3 is 20.3 Å². The minimum Gasteiger partial charge on any atom is -0.466 e. The van der Waals surface area contributed by atoms with Crippen LogP contribution in [0.15, 0.2) is 12.2 Å². The van der Waals surface area contributed by atoms with Crippen LogP contribution in [0.3, 0.4) is 0 Å². The highest BCUT2D eigenvalue weighted by atomic mass is 16.5. The van der Waals surface area contributed by atoms with Gasteiger partial charge in [0.1, 0.15) is 0 Å². The van der Waals surface area contributed by atoms with Gasteiger partial charge in [-0.3, -0.25) is 9.59 Å². The molecule has 0 bridgehead atoms. The number of hydrogen-bond acceptors (Lipinski definition) is 5. The maximum atomic E-state index is 12.5. The van der Waals surface area contributed by atoms with Crippen LogP contribution in [0.1, 0.15) is 316 Å². The number of carbonyl (C=O) groups is 2. The van der Waals surface area contributed by atoms with Crippen LogP contribution in [-0.4, -0.2) is 47.4 Å². The van der Waals surface area contributed by atoms with Gasteiger partial charge in [-0.15, -0.1) is 0 Å². The molecule has 0 fully saturated rings. The quantitative estimate of drug-likeness (QED) is 0.0321. The Morgan fingerprint density at radius 2 is 0.762 bits per heavy atom. The van der Waals surface area contributed by atoms with Gasteiger partial charge in [0.25, 0.3) is 0 Å². The van der Waals surface area contributed by atoms with Gasteiger partial charge in [-0.1, -0.05) is 270 Å². The van der Waals surface area contributed by atoms with E-state index in [1.165, 1.54) is 231 Å². The molecule has 0 aromatic heterocycles. The predicted octanol–water partition coefficient (Wildman–Crippen LogP) is 17.3. The molecule has 0 aliphatic heterocycles. The Morgan fingerprint density at radius 1 is 0.429 bits per heavy atom. The zero-order valence-corrected chi connectivity index (χ0v) is 42.6. The van der Waals surface area contributed by atoms with Crippen molar-refractivity contribution in [3.8, 4) is 0 Å². The van der Waals surface area contributed by atoms with E-state index in [9.17, 15) is 19.8 Å². The van der Waals surface area contributed by atoms with Gasteiger partial charge in [0.2, 0.25) is 5.91 Å². The number of amides is 1.